The molecule has 0 saturated carbocycles. The first kappa shape index (κ1) is 18.0. The average Bonchev–Trinajstić information content (AvgIpc) is 2.97. The number of fused-ring (bicyclic) bond motifs is 1. The molecule has 0 radical (unpaired) electrons. The van der Waals surface area contributed by atoms with E-state index in [1.54, 1.807) is 23.5 Å². The van der Waals surface area contributed by atoms with Crippen LogP contribution in [0.3, 0.4) is 0 Å². The minimum Gasteiger partial charge on any atom is -0.449 e. The Hall–Kier alpha value is -2.81. The molecule has 3 aromatic rings. The van der Waals surface area contributed by atoms with Gasteiger partial charge in [0.25, 0.3) is 5.91 Å². The molecule has 1 N–H and O–H groups in total. The Kier molecular flexibility index (Phi) is 4.99. The van der Waals surface area contributed by atoms with Crippen molar-refractivity contribution in [1.82, 2.24) is 14.6 Å². The fourth-order valence-corrected chi connectivity index (χ4v) is 2.57. The molecule has 0 aliphatic carbocycles. The van der Waals surface area contributed by atoms with E-state index in [9.17, 15) is 14.0 Å². The van der Waals surface area contributed by atoms with Crippen LogP contribution in [-0.2, 0) is 9.53 Å². The Labute approximate surface area is 156 Å². The minimum atomic E-state index is -1.11. The number of halogens is 2. The van der Waals surface area contributed by atoms with Gasteiger partial charge in [0.1, 0.15) is 11.6 Å². The highest BCUT2D eigenvalue weighted by Crippen LogP contribution is 2.19. The molecule has 0 bridgehead atoms. The first-order chi connectivity index (χ1) is 12.3. The Balaban J connectivity index is 1.69. The lowest BCUT2D eigenvalue weighted by Crippen LogP contribution is -2.30. The van der Waals surface area contributed by atoms with Gasteiger partial charge in [-0.05, 0) is 44.2 Å². The number of anilines is 1. The van der Waals surface area contributed by atoms with Crippen LogP contribution in [0.25, 0.3) is 5.65 Å². The number of benzene rings is 1. The summed E-state index contributed by atoms with van der Waals surface area (Å²) in [7, 11) is 0. The second kappa shape index (κ2) is 7.20. The maximum atomic E-state index is 13.8. The van der Waals surface area contributed by atoms with Gasteiger partial charge in [-0.3, -0.25) is 9.20 Å². The largest absolute Gasteiger partial charge is 0.449 e. The molecule has 2 heterocycles. The van der Waals surface area contributed by atoms with E-state index in [2.05, 4.69) is 31.4 Å². The average molecular weight is 421 g/mol. The smallest absolute Gasteiger partial charge is 0.340 e. The minimum absolute atomic E-state index is 0.00244. The molecule has 3 rings (SSSR count). The molecule has 26 heavy (non-hydrogen) atoms. The van der Waals surface area contributed by atoms with Gasteiger partial charge >= 0.3 is 5.97 Å². The van der Waals surface area contributed by atoms with Gasteiger partial charge in [0.05, 0.1) is 11.3 Å². The molecular weight excluding hydrogens is 407 g/mol. The molecule has 1 amide bonds. The zero-order chi connectivity index (χ0) is 18.8. The van der Waals surface area contributed by atoms with Crippen LogP contribution in [0.1, 0.15) is 23.1 Å². The SMILES string of the molecule is Cc1nnc2ccc(C(=O)OC(C)C(=O)Nc3ccc(Br)cc3F)cn12. The van der Waals surface area contributed by atoms with Crippen molar-refractivity contribution >= 4 is 39.1 Å². The normalized spacial score (nSPS) is 12.0. The molecule has 1 atom stereocenters. The lowest BCUT2D eigenvalue weighted by molar-refractivity contribution is -0.123. The molecule has 9 heteroatoms. The van der Waals surface area contributed by atoms with Crippen molar-refractivity contribution in [1.29, 1.82) is 0 Å². The van der Waals surface area contributed by atoms with Crippen LogP contribution in [0, 0.1) is 12.7 Å². The van der Waals surface area contributed by atoms with Crippen LogP contribution in [0.2, 0.25) is 0 Å². The van der Waals surface area contributed by atoms with E-state index in [-0.39, 0.29) is 11.3 Å². The molecule has 0 spiro atoms. The summed E-state index contributed by atoms with van der Waals surface area (Å²) in [6.07, 6.45) is 0.426. The van der Waals surface area contributed by atoms with Gasteiger partial charge in [-0.25, -0.2) is 9.18 Å². The number of aromatic nitrogens is 3. The highest BCUT2D eigenvalue weighted by atomic mass is 79.9. The highest BCUT2D eigenvalue weighted by molar-refractivity contribution is 9.10. The number of esters is 1. The summed E-state index contributed by atoms with van der Waals surface area (Å²) in [5.41, 5.74) is 0.841. The number of amides is 1. The summed E-state index contributed by atoms with van der Waals surface area (Å²) in [6, 6.07) is 7.38. The number of nitrogens with zero attached hydrogens (tertiary/aromatic N) is 3. The molecule has 0 aliphatic rings. The van der Waals surface area contributed by atoms with Crippen molar-refractivity contribution in [3.8, 4) is 0 Å². The number of carbonyl (C=O) groups is 2. The van der Waals surface area contributed by atoms with E-state index in [1.165, 1.54) is 31.3 Å². The number of ether oxygens (including phenoxy) is 1. The van der Waals surface area contributed by atoms with Gasteiger partial charge in [0, 0.05) is 10.7 Å². The van der Waals surface area contributed by atoms with Crippen molar-refractivity contribution in [2.24, 2.45) is 0 Å². The fraction of sp³-hybridized carbons (Fsp3) is 0.176. The first-order valence-corrected chi connectivity index (χ1v) is 8.43. The predicted molar refractivity (Wildman–Crippen MR) is 95.3 cm³/mol. The van der Waals surface area contributed by atoms with Crippen molar-refractivity contribution in [2.45, 2.75) is 20.0 Å². The van der Waals surface area contributed by atoms with Crippen LogP contribution in [0.4, 0.5) is 10.1 Å². The van der Waals surface area contributed by atoms with Crippen molar-refractivity contribution in [3.05, 3.63) is 58.2 Å². The van der Waals surface area contributed by atoms with Crippen LogP contribution in [-0.4, -0.2) is 32.6 Å². The van der Waals surface area contributed by atoms with Crippen LogP contribution in [0.15, 0.2) is 41.0 Å². The number of carbonyl (C=O) groups excluding carboxylic acids is 2. The number of aryl methyl sites for hydroxylation is 1. The lowest BCUT2D eigenvalue weighted by atomic mass is 10.2. The molecular formula is C17H14BrFN4O3. The van der Waals surface area contributed by atoms with E-state index < -0.39 is 23.8 Å². The molecule has 7 nitrogen and oxygen atoms in total. The van der Waals surface area contributed by atoms with Gasteiger partial charge in [-0.1, -0.05) is 15.9 Å². The molecule has 0 aliphatic heterocycles. The Morgan fingerprint density at radius 1 is 1.27 bits per heavy atom. The summed E-state index contributed by atoms with van der Waals surface area (Å²) in [4.78, 5) is 24.4. The summed E-state index contributed by atoms with van der Waals surface area (Å²) < 4.78 is 21.1. The maximum absolute atomic E-state index is 13.8. The Morgan fingerprint density at radius 2 is 2.04 bits per heavy atom. The second-order valence-corrected chi connectivity index (χ2v) is 6.47. The Bertz CT molecular complexity index is 1000. The van der Waals surface area contributed by atoms with E-state index in [0.29, 0.717) is 15.9 Å². The highest BCUT2D eigenvalue weighted by Gasteiger charge is 2.20. The lowest BCUT2D eigenvalue weighted by Gasteiger charge is -2.14. The molecule has 134 valence electrons. The predicted octanol–water partition coefficient (Wildman–Crippen LogP) is 3.12. The monoisotopic (exact) mass is 420 g/mol. The van der Waals surface area contributed by atoms with Crippen LogP contribution in [0.5, 0.6) is 0 Å². The molecule has 0 saturated heterocycles. The zero-order valence-electron chi connectivity index (χ0n) is 13.9. The summed E-state index contributed by atoms with van der Waals surface area (Å²) in [5.74, 6) is -1.30. The summed E-state index contributed by atoms with van der Waals surface area (Å²) >= 11 is 3.14. The summed E-state index contributed by atoms with van der Waals surface area (Å²) in [6.45, 7) is 3.16. The topological polar surface area (TPSA) is 85.6 Å². The first-order valence-electron chi connectivity index (χ1n) is 7.63. The summed E-state index contributed by atoms with van der Waals surface area (Å²) in [5, 5.41) is 10.2. The quantitative estimate of drug-likeness (QED) is 0.655. The third kappa shape index (κ3) is 3.72. The Morgan fingerprint density at radius 3 is 2.77 bits per heavy atom. The molecule has 1 unspecified atom stereocenters. The third-order valence-electron chi connectivity index (χ3n) is 3.65. The van der Waals surface area contributed by atoms with Gasteiger partial charge in [-0.15, -0.1) is 10.2 Å². The van der Waals surface area contributed by atoms with Gasteiger partial charge in [-0.2, -0.15) is 0 Å². The van der Waals surface area contributed by atoms with Crippen molar-refractivity contribution in [3.63, 3.8) is 0 Å². The van der Waals surface area contributed by atoms with Crippen LogP contribution >= 0.6 is 15.9 Å². The standard InChI is InChI=1S/C17H14BrFN4O3/c1-9(16(24)20-14-5-4-12(18)7-13(14)19)26-17(25)11-3-6-15-22-21-10(2)23(15)8-11/h3-9H,1-2H3,(H,20,24). The molecule has 1 aromatic carbocycles. The zero-order valence-corrected chi connectivity index (χ0v) is 15.4. The van der Waals surface area contributed by atoms with E-state index >= 15 is 0 Å². The third-order valence-corrected chi connectivity index (χ3v) is 4.14. The van der Waals surface area contributed by atoms with Crippen molar-refractivity contribution < 1.29 is 18.7 Å². The number of pyridine rings is 1. The van der Waals surface area contributed by atoms with Crippen molar-refractivity contribution in [2.75, 3.05) is 5.32 Å². The van der Waals surface area contributed by atoms with E-state index in [0.717, 1.165) is 0 Å². The van der Waals surface area contributed by atoms with Gasteiger partial charge < -0.3 is 10.1 Å². The fourth-order valence-electron chi connectivity index (χ4n) is 2.23. The number of rotatable bonds is 4. The molecule has 2 aromatic heterocycles. The van der Waals surface area contributed by atoms with Gasteiger partial charge in [0.2, 0.25) is 0 Å². The second-order valence-electron chi connectivity index (χ2n) is 5.55. The molecule has 0 fully saturated rings. The van der Waals surface area contributed by atoms with Gasteiger partial charge in [0.15, 0.2) is 11.8 Å². The number of hydrogen-bond acceptors (Lipinski definition) is 5. The van der Waals surface area contributed by atoms with Crippen LogP contribution < -0.4 is 5.32 Å². The van der Waals surface area contributed by atoms with E-state index in [1.807, 2.05) is 0 Å². The maximum Gasteiger partial charge on any atom is 0.340 e. The number of nitrogens with one attached hydrogen (secondary N) is 1. The van der Waals surface area contributed by atoms with E-state index in [4.69, 9.17) is 4.74 Å². The number of hydrogen-bond donors (Lipinski definition) is 1.